The van der Waals surface area contributed by atoms with E-state index >= 15 is 0 Å². The fourth-order valence-corrected chi connectivity index (χ4v) is 5.60. The van der Waals surface area contributed by atoms with Gasteiger partial charge in [-0.15, -0.1) is 0 Å². The van der Waals surface area contributed by atoms with Gasteiger partial charge in [0.1, 0.15) is 0 Å². The summed E-state index contributed by atoms with van der Waals surface area (Å²) in [6.45, 7) is 0.347. The van der Waals surface area contributed by atoms with Gasteiger partial charge < -0.3 is 4.90 Å². The second-order valence-corrected chi connectivity index (χ2v) is 9.81. The molecule has 1 atom stereocenters. The number of sulfone groups is 1. The number of nitrogens with zero attached hydrogens (tertiary/aromatic N) is 1. The molecule has 0 N–H and O–H groups in total. The number of carbonyl (C=O) groups is 1. The number of rotatable bonds is 4. The molecule has 0 radical (unpaired) electrons. The molecule has 3 aromatic rings. The summed E-state index contributed by atoms with van der Waals surface area (Å²) in [7, 11) is -3.11. The van der Waals surface area contributed by atoms with Crippen molar-refractivity contribution in [1.82, 2.24) is 4.90 Å². The van der Waals surface area contributed by atoms with E-state index in [2.05, 4.69) is 0 Å². The highest BCUT2D eigenvalue weighted by Gasteiger charge is 2.35. The zero-order valence-electron chi connectivity index (χ0n) is 15.2. The first-order chi connectivity index (χ1) is 13.4. The molecule has 1 aliphatic rings. The van der Waals surface area contributed by atoms with Crippen LogP contribution in [0.2, 0.25) is 5.02 Å². The Morgan fingerprint density at radius 1 is 1.00 bits per heavy atom. The normalized spacial score (nSPS) is 18.2. The Morgan fingerprint density at radius 2 is 1.71 bits per heavy atom. The maximum atomic E-state index is 13.5. The van der Waals surface area contributed by atoms with Gasteiger partial charge >= 0.3 is 0 Å². The molecule has 1 amide bonds. The fraction of sp³-hybridized carbons (Fsp3) is 0.227. The fourth-order valence-electron chi connectivity index (χ4n) is 3.74. The van der Waals surface area contributed by atoms with E-state index in [9.17, 15) is 13.2 Å². The minimum Gasteiger partial charge on any atom is -0.330 e. The number of amides is 1. The smallest absolute Gasteiger partial charge is 0.255 e. The van der Waals surface area contributed by atoms with Crippen LogP contribution >= 0.6 is 11.6 Å². The molecule has 144 valence electrons. The van der Waals surface area contributed by atoms with Crippen molar-refractivity contribution in [2.45, 2.75) is 19.0 Å². The van der Waals surface area contributed by atoms with E-state index in [-0.39, 0.29) is 23.5 Å². The highest BCUT2D eigenvalue weighted by molar-refractivity contribution is 7.91. The Kier molecular flexibility index (Phi) is 5.13. The van der Waals surface area contributed by atoms with E-state index in [4.69, 9.17) is 11.6 Å². The molecule has 1 saturated heterocycles. The van der Waals surface area contributed by atoms with Crippen LogP contribution in [0.15, 0.2) is 66.7 Å². The molecule has 0 unspecified atom stereocenters. The second kappa shape index (κ2) is 7.57. The molecule has 4 rings (SSSR count). The van der Waals surface area contributed by atoms with Crippen LogP contribution in [0.25, 0.3) is 10.8 Å². The van der Waals surface area contributed by atoms with E-state index in [1.165, 1.54) is 0 Å². The van der Waals surface area contributed by atoms with Crippen molar-refractivity contribution >= 4 is 38.1 Å². The Hall–Kier alpha value is -2.37. The number of fused-ring (bicyclic) bond motifs is 1. The quantitative estimate of drug-likeness (QED) is 0.640. The number of hydrogen-bond donors (Lipinski definition) is 0. The Morgan fingerprint density at radius 3 is 2.43 bits per heavy atom. The van der Waals surface area contributed by atoms with E-state index in [1.54, 1.807) is 17.0 Å². The van der Waals surface area contributed by atoms with Crippen molar-refractivity contribution in [3.05, 3.63) is 82.9 Å². The molecule has 1 heterocycles. The van der Waals surface area contributed by atoms with Gasteiger partial charge in [0, 0.05) is 23.2 Å². The zero-order valence-corrected chi connectivity index (χ0v) is 16.8. The maximum Gasteiger partial charge on any atom is 0.255 e. The molecule has 4 nitrogen and oxygen atoms in total. The molecule has 0 spiro atoms. The van der Waals surface area contributed by atoms with E-state index in [0.717, 1.165) is 16.3 Å². The van der Waals surface area contributed by atoms with Crippen LogP contribution < -0.4 is 0 Å². The first-order valence-electron chi connectivity index (χ1n) is 9.16. The van der Waals surface area contributed by atoms with Crippen molar-refractivity contribution in [2.24, 2.45) is 0 Å². The number of carbonyl (C=O) groups excluding carboxylic acids is 1. The highest BCUT2D eigenvalue weighted by Crippen LogP contribution is 2.26. The lowest BCUT2D eigenvalue weighted by molar-refractivity contribution is 0.0683. The van der Waals surface area contributed by atoms with Gasteiger partial charge in [-0.1, -0.05) is 60.1 Å². The topological polar surface area (TPSA) is 54.5 Å². The van der Waals surface area contributed by atoms with Crippen molar-refractivity contribution in [3.8, 4) is 0 Å². The SMILES string of the molecule is O=C(c1cccc2ccccc12)N(Cc1ccc(Cl)cc1)[C@@H]1CCS(=O)(=O)C1. The molecule has 6 heteroatoms. The van der Waals surface area contributed by atoms with Crippen LogP contribution in [0.3, 0.4) is 0 Å². The van der Waals surface area contributed by atoms with Crippen LogP contribution in [0.4, 0.5) is 0 Å². The minimum absolute atomic E-state index is 0.0110. The Bertz CT molecular complexity index is 1120. The summed E-state index contributed by atoms with van der Waals surface area (Å²) in [5.74, 6) is -0.0110. The molecule has 1 fully saturated rings. The van der Waals surface area contributed by atoms with Gasteiger partial charge in [0.2, 0.25) is 0 Å². The summed E-state index contributed by atoms with van der Waals surface area (Å²) in [5, 5.41) is 2.48. The van der Waals surface area contributed by atoms with Gasteiger partial charge in [-0.2, -0.15) is 0 Å². The predicted octanol–water partition coefficient (Wildman–Crippen LogP) is 4.32. The highest BCUT2D eigenvalue weighted by atomic mass is 35.5. The molecule has 0 saturated carbocycles. The van der Waals surface area contributed by atoms with Crippen LogP contribution in [0.1, 0.15) is 22.3 Å². The third-order valence-corrected chi connectivity index (χ3v) is 7.20. The van der Waals surface area contributed by atoms with Gasteiger partial charge in [-0.05, 0) is 41.0 Å². The predicted molar refractivity (Wildman–Crippen MR) is 112 cm³/mol. The van der Waals surface area contributed by atoms with E-state index in [1.807, 2.05) is 54.6 Å². The number of benzene rings is 3. The first-order valence-corrected chi connectivity index (χ1v) is 11.4. The summed E-state index contributed by atoms with van der Waals surface area (Å²) in [4.78, 5) is 15.2. The molecule has 0 aromatic heterocycles. The standard InChI is InChI=1S/C22H20ClNO3S/c23-18-10-8-16(9-11-18)14-24(19-12-13-28(26,27)15-19)22(25)21-7-3-5-17-4-1-2-6-20(17)21/h1-11,19H,12-15H2/t19-/m1/s1. The summed E-state index contributed by atoms with van der Waals surface area (Å²) < 4.78 is 24.1. The molecule has 1 aliphatic heterocycles. The average molecular weight is 414 g/mol. The second-order valence-electron chi connectivity index (χ2n) is 7.14. The number of halogens is 1. The average Bonchev–Trinajstić information content (AvgIpc) is 3.06. The monoisotopic (exact) mass is 413 g/mol. The third-order valence-electron chi connectivity index (χ3n) is 5.20. The Balaban J connectivity index is 1.73. The van der Waals surface area contributed by atoms with Crippen LogP contribution in [0.5, 0.6) is 0 Å². The van der Waals surface area contributed by atoms with Crippen molar-refractivity contribution in [1.29, 1.82) is 0 Å². The van der Waals surface area contributed by atoms with E-state index < -0.39 is 9.84 Å². The third kappa shape index (κ3) is 3.91. The van der Waals surface area contributed by atoms with Gasteiger partial charge in [0.15, 0.2) is 9.84 Å². The van der Waals surface area contributed by atoms with Gasteiger partial charge in [-0.25, -0.2) is 8.42 Å². The van der Waals surface area contributed by atoms with Crippen molar-refractivity contribution in [3.63, 3.8) is 0 Å². The summed E-state index contributed by atoms with van der Waals surface area (Å²) in [5.41, 5.74) is 1.51. The molecule has 3 aromatic carbocycles. The zero-order chi connectivity index (χ0) is 19.7. The number of hydrogen-bond acceptors (Lipinski definition) is 3. The lowest BCUT2D eigenvalue weighted by Gasteiger charge is -2.29. The van der Waals surface area contributed by atoms with Crippen LogP contribution in [0, 0.1) is 0 Å². The molecular formula is C22H20ClNO3S. The van der Waals surface area contributed by atoms with Crippen LogP contribution in [-0.4, -0.2) is 36.8 Å². The lowest BCUT2D eigenvalue weighted by Crippen LogP contribution is -2.40. The van der Waals surface area contributed by atoms with Gasteiger partial charge in [-0.3, -0.25) is 4.79 Å². The molecule has 0 bridgehead atoms. The molecule has 28 heavy (non-hydrogen) atoms. The largest absolute Gasteiger partial charge is 0.330 e. The van der Waals surface area contributed by atoms with Crippen LogP contribution in [-0.2, 0) is 16.4 Å². The molecule has 0 aliphatic carbocycles. The summed E-state index contributed by atoms with van der Waals surface area (Å²) >= 11 is 5.98. The maximum absolute atomic E-state index is 13.5. The summed E-state index contributed by atoms with van der Waals surface area (Å²) in [6, 6.07) is 20.3. The first kappa shape index (κ1) is 19.0. The van der Waals surface area contributed by atoms with Crippen molar-refractivity contribution in [2.75, 3.05) is 11.5 Å². The lowest BCUT2D eigenvalue weighted by atomic mass is 10.0. The Labute approximate surface area is 169 Å². The molecular weight excluding hydrogens is 394 g/mol. The van der Waals surface area contributed by atoms with Gasteiger partial charge in [0.25, 0.3) is 5.91 Å². The minimum atomic E-state index is -3.11. The summed E-state index contributed by atoms with van der Waals surface area (Å²) in [6.07, 6.45) is 0.465. The van der Waals surface area contributed by atoms with Gasteiger partial charge in [0.05, 0.1) is 11.5 Å². The van der Waals surface area contributed by atoms with Crippen molar-refractivity contribution < 1.29 is 13.2 Å². The van der Waals surface area contributed by atoms with E-state index in [0.29, 0.717) is 23.6 Å².